The number of carbonyl (C=O) groups is 3. The van der Waals surface area contributed by atoms with Crippen LogP contribution in [0.2, 0.25) is 0 Å². The van der Waals surface area contributed by atoms with Crippen molar-refractivity contribution < 1.29 is 19.5 Å². The Bertz CT molecular complexity index is 910. The van der Waals surface area contributed by atoms with Crippen molar-refractivity contribution in [3.05, 3.63) is 72.2 Å². The van der Waals surface area contributed by atoms with Crippen LogP contribution in [-0.2, 0) is 9.59 Å². The topological polar surface area (TPSA) is 90.8 Å². The fourth-order valence-electron chi connectivity index (χ4n) is 3.25. The molecule has 0 fully saturated rings. The van der Waals surface area contributed by atoms with Gasteiger partial charge in [-0.15, -0.1) is 0 Å². The van der Waals surface area contributed by atoms with Crippen molar-refractivity contribution in [1.82, 2.24) is 14.8 Å². The molecule has 2 amide bonds. The Kier molecular flexibility index (Phi) is 5.54. The zero-order valence-corrected chi connectivity index (χ0v) is 15.6. The molecule has 0 spiro atoms. The van der Waals surface area contributed by atoms with E-state index in [1.807, 2.05) is 19.9 Å². The lowest BCUT2D eigenvalue weighted by molar-refractivity contribution is -0.144. The third-order valence-electron chi connectivity index (χ3n) is 4.51. The second-order valence-electron chi connectivity index (χ2n) is 6.84. The van der Waals surface area contributed by atoms with Crippen molar-refractivity contribution >= 4 is 23.5 Å². The van der Waals surface area contributed by atoms with E-state index in [0.717, 1.165) is 0 Å². The molecule has 144 valence electrons. The first kappa shape index (κ1) is 19.3. The zero-order valence-electron chi connectivity index (χ0n) is 15.6. The van der Waals surface area contributed by atoms with E-state index in [2.05, 4.69) is 4.98 Å². The number of aliphatic carboxylic acids is 1. The smallest absolute Gasteiger partial charge is 0.323 e. The number of nitrogens with zero attached hydrogens (tertiary/aromatic N) is 3. The summed E-state index contributed by atoms with van der Waals surface area (Å²) in [6.45, 7) is 3.18. The van der Waals surface area contributed by atoms with E-state index in [9.17, 15) is 19.5 Å². The standard InChI is InChI=1S/C21H21N3O4/c1-14(2)19-21(28)23(13-18(25)26)17(15-7-4-3-5-8-15)12-24(19)20(27)16-9-6-10-22-11-16/h3-12,14,19H,13H2,1-2H3,(H,25,26). The lowest BCUT2D eigenvalue weighted by atomic mass is 9.96. The first-order valence-electron chi connectivity index (χ1n) is 8.93. The van der Waals surface area contributed by atoms with Crippen LogP contribution in [0.25, 0.3) is 5.70 Å². The van der Waals surface area contributed by atoms with Gasteiger partial charge >= 0.3 is 5.97 Å². The number of hydrogen-bond donors (Lipinski definition) is 1. The van der Waals surface area contributed by atoms with Crippen molar-refractivity contribution in [2.45, 2.75) is 19.9 Å². The second kappa shape index (κ2) is 8.04. The molecule has 0 saturated heterocycles. The largest absolute Gasteiger partial charge is 0.480 e. The molecule has 0 radical (unpaired) electrons. The van der Waals surface area contributed by atoms with Crippen molar-refractivity contribution in [1.29, 1.82) is 0 Å². The van der Waals surface area contributed by atoms with Crippen LogP contribution in [-0.4, -0.2) is 50.3 Å². The Balaban J connectivity index is 2.14. The number of pyridine rings is 1. The van der Waals surface area contributed by atoms with E-state index in [1.54, 1.807) is 48.8 Å². The maximum Gasteiger partial charge on any atom is 0.323 e. The van der Waals surface area contributed by atoms with Gasteiger partial charge in [-0.1, -0.05) is 44.2 Å². The number of benzene rings is 1. The predicted molar refractivity (Wildman–Crippen MR) is 103 cm³/mol. The van der Waals surface area contributed by atoms with Gasteiger partial charge in [0.2, 0.25) is 0 Å². The number of rotatable bonds is 5. The van der Waals surface area contributed by atoms with E-state index in [4.69, 9.17) is 0 Å². The Labute approximate surface area is 162 Å². The minimum Gasteiger partial charge on any atom is -0.480 e. The molecule has 0 saturated carbocycles. The van der Waals surface area contributed by atoms with E-state index in [-0.39, 0.29) is 11.8 Å². The monoisotopic (exact) mass is 379 g/mol. The number of carbonyl (C=O) groups excluding carboxylic acids is 2. The van der Waals surface area contributed by atoms with Crippen LogP contribution in [0.5, 0.6) is 0 Å². The number of amides is 2. The van der Waals surface area contributed by atoms with Crippen molar-refractivity contribution in [2.75, 3.05) is 6.54 Å². The van der Waals surface area contributed by atoms with Gasteiger partial charge in [0.1, 0.15) is 12.6 Å². The van der Waals surface area contributed by atoms with E-state index < -0.39 is 24.5 Å². The summed E-state index contributed by atoms with van der Waals surface area (Å²) in [5, 5.41) is 9.32. The van der Waals surface area contributed by atoms with Crippen molar-refractivity contribution in [3.63, 3.8) is 0 Å². The van der Waals surface area contributed by atoms with Gasteiger partial charge in [0.25, 0.3) is 11.8 Å². The highest BCUT2D eigenvalue weighted by atomic mass is 16.4. The highest BCUT2D eigenvalue weighted by molar-refractivity contribution is 6.03. The molecular formula is C21H21N3O4. The second-order valence-corrected chi connectivity index (χ2v) is 6.84. The Morgan fingerprint density at radius 3 is 2.43 bits per heavy atom. The van der Waals surface area contributed by atoms with Crippen LogP contribution in [0, 0.1) is 5.92 Å². The van der Waals surface area contributed by atoms with E-state index in [0.29, 0.717) is 16.8 Å². The van der Waals surface area contributed by atoms with Gasteiger partial charge in [-0.25, -0.2) is 0 Å². The average molecular weight is 379 g/mol. The Hall–Kier alpha value is -3.48. The molecule has 0 aliphatic carbocycles. The average Bonchev–Trinajstić information content (AvgIpc) is 2.69. The molecule has 7 heteroatoms. The van der Waals surface area contributed by atoms with Crippen LogP contribution in [0.15, 0.2) is 61.1 Å². The maximum absolute atomic E-state index is 13.2. The highest BCUT2D eigenvalue weighted by Crippen LogP contribution is 2.30. The van der Waals surface area contributed by atoms with Gasteiger partial charge in [-0.2, -0.15) is 0 Å². The molecular weight excluding hydrogens is 358 g/mol. The lowest BCUT2D eigenvalue weighted by Gasteiger charge is -2.40. The summed E-state index contributed by atoms with van der Waals surface area (Å²) in [5.74, 6) is -2.11. The number of aromatic nitrogens is 1. The summed E-state index contributed by atoms with van der Waals surface area (Å²) >= 11 is 0. The molecule has 7 nitrogen and oxygen atoms in total. The first-order chi connectivity index (χ1) is 13.4. The molecule has 1 unspecified atom stereocenters. The molecule has 1 atom stereocenters. The zero-order chi connectivity index (χ0) is 20.3. The molecule has 28 heavy (non-hydrogen) atoms. The molecule has 3 rings (SSSR count). The van der Waals surface area contributed by atoms with Crippen LogP contribution < -0.4 is 0 Å². The number of carboxylic acids is 1. The quantitative estimate of drug-likeness (QED) is 0.862. The molecule has 1 aliphatic heterocycles. The van der Waals surface area contributed by atoms with Gasteiger partial charge in [-0.05, 0) is 23.6 Å². The Morgan fingerprint density at radius 1 is 1.14 bits per heavy atom. The van der Waals surface area contributed by atoms with Crippen molar-refractivity contribution in [3.8, 4) is 0 Å². The minimum absolute atomic E-state index is 0.210. The number of carboxylic acid groups (broad SMARTS) is 1. The first-order valence-corrected chi connectivity index (χ1v) is 8.93. The third kappa shape index (κ3) is 3.78. The molecule has 1 aromatic heterocycles. The van der Waals surface area contributed by atoms with Gasteiger partial charge in [0.05, 0.1) is 11.3 Å². The molecule has 1 aromatic carbocycles. The summed E-state index contributed by atoms with van der Waals surface area (Å²) in [6, 6.07) is 11.4. The molecule has 2 heterocycles. The van der Waals surface area contributed by atoms with Gasteiger partial charge in [0, 0.05) is 18.6 Å². The van der Waals surface area contributed by atoms with Gasteiger partial charge < -0.3 is 10.0 Å². The fourth-order valence-corrected chi connectivity index (χ4v) is 3.25. The van der Waals surface area contributed by atoms with Crippen LogP contribution in [0.1, 0.15) is 29.8 Å². The molecule has 2 aromatic rings. The van der Waals surface area contributed by atoms with Gasteiger partial charge in [-0.3, -0.25) is 24.3 Å². The molecule has 1 aliphatic rings. The predicted octanol–water partition coefficient (Wildman–Crippen LogP) is 2.47. The number of hydrogen-bond acceptors (Lipinski definition) is 4. The van der Waals surface area contributed by atoms with Crippen LogP contribution in [0.3, 0.4) is 0 Å². The van der Waals surface area contributed by atoms with Gasteiger partial charge in [0.15, 0.2) is 0 Å². The minimum atomic E-state index is -1.12. The third-order valence-corrected chi connectivity index (χ3v) is 4.51. The summed E-state index contributed by atoms with van der Waals surface area (Å²) in [6.07, 6.45) is 4.58. The van der Waals surface area contributed by atoms with Crippen molar-refractivity contribution in [2.24, 2.45) is 5.92 Å². The normalized spacial score (nSPS) is 16.9. The lowest BCUT2D eigenvalue weighted by Crippen LogP contribution is -2.55. The van der Waals surface area contributed by atoms with Crippen LogP contribution >= 0.6 is 0 Å². The Morgan fingerprint density at radius 2 is 1.86 bits per heavy atom. The maximum atomic E-state index is 13.2. The summed E-state index contributed by atoms with van der Waals surface area (Å²) in [5.41, 5.74) is 1.39. The molecule has 0 bridgehead atoms. The summed E-state index contributed by atoms with van der Waals surface area (Å²) < 4.78 is 0. The molecule has 1 N–H and O–H groups in total. The van der Waals surface area contributed by atoms with Crippen LogP contribution in [0.4, 0.5) is 0 Å². The van der Waals surface area contributed by atoms with E-state index >= 15 is 0 Å². The fraction of sp³-hybridized carbons (Fsp3) is 0.238. The highest BCUT2D eigenvalue weighted by Gasteiger charge is 2.41. The SMILES string of the molecule is CC(C)C1C(=O)N(CC(=O)O)C(c2ccccc2)=CN1C(=O)c1cccnc1. The summed E-state index contributed by atoms with van der Waals surface area (Å²) in [4.78, 5) is 44.4. The summed E-state index contributed by atoms with van der Waals surface area (Å²) in [7, 11) is 0. The van der Waals surface area contributed by atoms with E-state index in [1.165, 1.54) is 16.0 Å².